The summed E-state index contributed by atoms with van der Waals surface area (Å²) in [5, 5.41) is 0. The normalized spacial score (nSPS) is 26.1. The van der Waals surface area contributed by atoms with E-state index in [0.29, 0.717) is 0 Å². The van der Waals surface area contributed by atoms with Gasteiger partial charge in [-0.2, -0.15) is 0 Å². The van der Waals surface area contributed by atoms with E-state index in [4.69, 9.17) is 5.73 Å². The molecule has 1 heterocycles. The molecular formula is C16H26N2. The van der Waals surface area contributed by atoms with Gasteiger partial charge in [0.15, 0.2) is 0 Å². The molecule has 1 aliphatic heterocycles. The first kappa shape index (κ1) is 13.4. The number of nitrogens with two attached hydrogens (primary N) is 1. The molecule has 1 fully saturated rings. The molecule has 1 saturated heterocycles. The van der Waals surface area contributed by atoms with E-state index in [0.717, 1.165) is 24.8 Å². The molecule has 0 saturated carbocycles. The van der Waals surface area contributed by atoms with E-state index in [-0.39, 0.29) is 6.04 Å². The number of rotatable bonds is 3. The first-order valence-corrected chi connectivity index (χ1v) is 7.23. The van der Waals surface area contributed by atoms with Crippen molar-refractivity contribution in [1.82, 2.24) is 0 Å². The van der Waals surface area contributed by atoms with Gasteiger partial charge in [-0.1, -0.05) is 39.0 Å². The third kappa shape index (κ3) is 2.69. The summed E-state index contributed by atoms with van der Waals surface area (Å²) >= 11 is 0. The van der Waals surface area contributed by atoms with Crippen molar-refractivity contribution in [2.45, 2.75) is 39.7 Å². The molecule has 0 radical (unpaired) electrons. The van der Waals surface area contributed by atoms with Crippen molar-refractivity contribution < 1.29 is 0 Å². The highest BCUT2D eigenvalue weighted by molar-refractivity contribution is 5.55. The molecule has 2 unspecified atom stereocenters. The summed E-state index contributed by atoms with van der Waals surface area (Å²) in [6, 6.07) is 8.81. The Bertz CT molecular complexity index is 388. The molecule has 2 N–H and O–H groups in total. The third-order valence-electron chi connectivity index (χ3n) is 4.45. The van der Waals surface area contributed by atoms with Crippen LogP contribution in [0.4, 0.5) is 5.69 Å². The summed E-state index contributed by atoms with van der Waals surface area (Å²) < 4.78 is 0. The summed E-state index contributed by atoms with van der Waals surface area (Å²) in [6.45, 7) is 9.21. The minimum absolute atomic E-state index is 0.163. The van der Waals surface area contributed by atoms with Crippen LogP contribution in [-0.2, 0) is 0 Å². The monoisotopic (exact) mass is 246 g/mol. The lowest BCUT2D eigenvalue weighted by atomic mass is 9.88. The summed E-state index contributed by atoms with van der Waals surface area (Å²) in [6.07, 6.45) is 2.29. The standard InChI is InChI=1S/C16H26N2/c1-4-15(17)14-7-5-6-8-16(14)18-10-9-12(2)13(3)11-18/h5-8,12-13,15H,4,9-11,17H2,1-3H3/t12?,13?,15-/m1/s1. The lowest BCUT2D eigenvalue weighted by Crippen LogP contribution is -2.39. The molecule has 0 spiro atoms. The van der Waals surface area contributed by atoms with Gasteiger partial charge in [-0.25, -0.2) is 0 Å². The Labute approximate surface area is 111 Å². The van der Waals surface area contributed by atoms with E-state index in [1.54, 1.807) is 0 Å². The summed E-state index contributed by atoms with van der Waals surface area (Å²) in [5.74, 6) is 1.61. The molecule has 100 valence electrons. The van der Waals surface area contributed by atoms with Crippen LogP contribution in [0.2, 0.25) is 0 Å². The second kappa shape index (κ2) is 5.75. The Morgan fingerprint density at radius 2 is 2.00 bits per heavy atom. The van der Waals surface area contributed by atoms with Crippen molar-refractivity contribution in [3.8, 4) is 0 Å². The van der Waals surface area contributed by atoms with Crippen LogP contribution in [0.1, 0.15) is 45.2 Å². The van der Waals surface area contributed by atoms with E-state index in [1.165, 1.54) is 24.2 Å². The van der Waals surface area contributed by atoms with Gasteiger partial charge in [-0.15, -0.1) is 0 Å². The average Bonchev–Trinajstić information content (AvgIpc) is 2.41. The van der Waals surface area contributed by atoms with Crippen LogP contribution in [0.3, 0.4) is 0 Å². The molecule has 0 aliphatic carbocycles. The van der Waals surface area contributed by atoms with Crippen molar-refractivity contribution in [1.29, 1.82) is 0 Å². The molecule has 18 heavy (non-hydrogen) atoms. The SMILES string of the molecule is CC[C@@H](N)c1ccccc1N1CCC(C)C(C)C1. The van der Waals surface area contributed by atoms with E-state index >= 15 is 0 Å². The van der Waals surface area contributed by atoms with E-state index in [9.17, 15) is 0 Å². The van der Waals surface area contributed by atoms with Crippen LogP contribution in [0.15, 0.2) is 24.3 Å². The van der Waals surface area contributed by atoms with Crippen LogP contribution in [0.25, 0.3) is 0 Å². The first-order valence-electron chi connectivity index (χ1n) is 7.23. The van der Waals surface area contributed by atoms with Gasteiger partial charge in [0.05, 0.1) is 0 Å². The highest BCUT2D eigenvalue weighted by Crippen LogP contribution is 2.31. The fourth-order valence-electron chi connectivity index (χ4n) is 2.79. The van der Waals surface area contributed by atoms with Crippen molar-refractivity contribution in [2.24, 2.45) is 17.6 Å². The van der Waals surface area contributed by atoms with E-state index < -0.39 is 0 Å². The number of hydrogen-bond donors (Lipinski definition) is 1. The van der Waals surface area contributed by atoms with Gasteiger partial charge in [0.25, 0.3) is 0 Å². The zero-order valence-electron chi connectivity index (χ0n) is 11.9. The van der Waals surface area contributed by atoms with Crippen LogP contribution in [0.5, 0.6) is 0 Å². The van der Waals surface area contributed by atoms with Crippen LogP contribution >= 0.6 is 0 Å². The van der Waals surface area contributed by atoms with Gasteiger partial charge in [-0.3, -0.25) is 0 Å². The maximum Gasteiger partial charge on any atom is 0.0414 e. The number of para-hydroxylation sites is 1. The molecule has 1 aromatic carbocycles. The molecule has 0 amide bonds. The Kier molecular flexibility index (Phi) is 4.28. The Balaban J connectivity index is 2.22. The molecule has 0 bridgehead atoms. The Morgan fingerprint density at radius 3 is 2.67 bits per heavy atom. The van der Waals surface area contributed by atoms with Crippen molar-refractivity contribution in [3.05, 3.63) is 29.8 Å². The van der Waals surface area contributed by atoms with Crippen LogP contribution < -0.4 is 10.6 Å². The number of benzene rings is 1. The number of anilines is 1. The zero-order valence-corrected chi connectivity index (χ0v) is 11.9. The number of nitrogens with zero attached hydrogens (tertiary/aromatic N) is 1. The minimum Gasteiger partial charge on any atom is -0.371 e. The van der Waals surface area contributed by atoms with Crippen molar-refractivity contribution in [2.75, 3.05) is 18.0 Å². The quantitative estimate of drug-likeness (QED) is 0.883. The maximum atomic E-state index is 6.24. The smallest absolute Gasteiger partial charge is 0.0414 e. The molecule has 2 rings (SSSR count). The lowest BCUT2D eigenvalue weighted by Gasteiger charge is -2.38. The van der Waals surface area contributed by atoms with E-state index in [2.05, 4.69) is 49.9 Å². The fraction of sp³-hybridized carbons (Fsp3) is 0.625. The summed E-state index contributed by atoms with van der Waals surface area (Å²) in [4.78, 5) is 2.52. The topological polar surface area (TPSA) is 29.3 Å². The summed E-state index contributed by atoms with van der Waals surface area (Å²) in [5.41, 5.74) is 8.90. The van der Waals surface area contributed by atoms with Crippen LogP contribution in [-0.4, -0.2) is 13.1 Å². The lowest BCUT2D eigenvalue weighted by molar-refractivity contribution is 0.323. The Hall–Kier alpha value is -1.02. The predicted octanol–water partition coefficient (Wildman–Crippen LogP) is 3.58. The average molecular weight is 246 g/mol. The highest BCUT2D eigenvalue weighted by Gasteiger charge is 2.24. The van der Waals surface area contributed by atoms with Crippen molar-refractivity contribution >= 4 is 5.69 Å². The summed E-state index contributed by atoms with van der Waals surface area (Å²) in [7, 11) is 0. The van der Waals surface area contributed by atoms with Gasteiger partial charge in [0.1, 0.15) is 0 Å². The van der Waals surface area contributed by atoms with Gasteiger partial charge in [0.2, 0.25) is 0 Å². The second-order valence-corrected chi connectivity index (χ2v) is 5.76. The second-order valence-electron chi connectivity index (χ2n) is 5.76. The minimum atomic E-state index is 0.163. The number of hydrogen-bond acceptors (Lipinski definition) is 2. The van der Waals surface area contributed by atoms with E-state index in [1.807, 2.05) is 0 Å². The van der Waals surface area contributed by atoms with Gasteiger partial charge in [-0.05, 0) is 36.3 Å². The van der Waals surface area contributed by atoms with Gasteiger partial charge in [0, 0.05) is 24.8 Å². The Morgan fingerprint density at radius 1 is 1.28 bits per heavy atom. The molecule has 3 atom stereocenters. The zero-order chi connectivity index (χ0) is 13.1. The molecule has 0 aromatic heterocycles. The first-order chi connectivity index (χ1) is 8.63. The molecule has 1 aromatic rings. The largest absolute Gasteiger partial charge is 0.371 e. The molecule has 2 heteroatoms. The van der Waals surface area contributed by atoms with Gasteiger partial charge < -0.3 is 10.6 Å². The fourth-order valence-corrected chi connectivity index (χ4v) is 2.79. The third-order valence-corrected chi connectivity index (χ3v) is 4.45. The predicted molar refractivity (Wildman–Crippen MR) is 78.8 cm³/mol. The highest BCUT2D eigenvalue weighted by atomic mass is 15.1. The van der Waals surface area contributed by atoms with Gasteiger partial charge >= 0.3 is 0 Å². The number of piperidine rings is 1. The molecule has 1 aliphatic rings. The molecule has 2 nitrogen and oxygen atoms in total. The maximum absolute atomic E-state index is 6.24. The van der Waals surface area contributed by atoms with Crippen LogP contribution in [0, 0.1) is 11.8 Å². The molecular weight excluding hydrogens is 220 g/mol. The van der Waals surface area contributed by atoms with Crippen molar-refractivity contribution in [3.63, 3.8) is 0 Å².